The number of ketones is 2. The SMILES string of the molecule is C=CCOP(=O)(OCCNC(=O)NCCOP(=O)(OCC=C)OC[C@@H](COCC[C@@H](CCCCCCC)OC(=O)CCCCCCCCCCC)OC(=O)CC(=O)CCCCCCCCCCC)OC[C@@H](COCC[C@@H](CCCCCCC)OC(=O)CCCCCCCCCCC)OC(=O)CC(=O)CCCCCCCCCCC. The second-order valence-electron chi connectivity index (χ2n) is 30.8. The van der Waals surface area contributed by atoms with Crippen LogP contribution in [0.5, 0.6) is 0 Å². The number of esters is 4. The van der Waals surface area contributed by atoms with Crippen LogP contribution in [0.2, 0.25) is 0 Å². The number of unbranched alkanes of at least 4 members (excludes halogenated alkanes) is 40. The molecule has 0 aliphatic rings. The van der Waals surface area contributed by atoms with E-state index in [1.165, 1.54) is 141 Å². The first-order valence-electron chi connectivity index (χ1n) is 45.7. The maximum absolute atomic E-state index is 14.2. The largest absolute Gasteiger partial charge is 0.475 e. The van der Waals surface area contributed by atoms with E-state index in [0.717, 1.165) is 154 Å². The van der Waals surface area contributed by atoms with Crippen molar-refractivity contribution in [3.05, 3.63) is 25.3 Å². The predicted octanol–water partition coefficient (Wildman–Crippen LogP) is 23.8. The molecule has 2 N–H and O–H groups in total. The minimum Gasteiger partial charge on any atom is -0.462 e. The molecule has 0 saturated carbocycles. The van der Waals surface area contributed by atoms with Crippen LogP contribution in [0.4, 0.5) is 4.79 Å². The van der Waals surface area contributed by atoms with Gasteiger partial charge < -0.3 is 39.1 Å². The molecular formula is C89H166N2O21P2. The van der Waals surface area contributed by atoms with Crippen LogP contribution in [0, 0.1) is 0 Å². The molecule has 25 heteroatoms. The summed E-state index contributed by atoms with van der Waals surface area (Å²) >= 11 is 0. The van der Waals surface area contributed by atoms with Crippen molar-refractivity contribution in [2.24, 2.45) is 0 Å². The van der Waals surface area contributed by atoms with Gasteiger partial charge in [-0.15, -0.1) is 13.2 Å². The van der Waals surface area contributed by atoms with Crippen molar-refractivity contribution >= 4 is 57.1 Å². The summed E-state index contributed by atoms with van der Waals surface area (Å²) < 4.78 is 97.8. The van der Waals surface area contributed by atoms with E-state index in [4.69, 9.17) is 55.6 Å². The van der Waals surface area contributed by atoms with Gasteiger partial charge in [-0.05, 0) is 51.4 Å². The molecule has 668 valence electrons. The number of rotatable bonds is 90. The second kappa shape index (κ2) is 81.5. The van der Waals surface area contributed by atoms with E-state index in [-0.39, 0.29) is 101 Å². The molecule has 0 aliphatic heterocycles. The first-order chi connectivity index (χ1) is 55.4. The minimum atomic E-state index is -4.46. The van der Waals surface area contributed by atoms with Gasteiger partial charge in [-0.2, -0.15) is 0 Å². The fourth-order valence-corrected chi connectivity index (χ4v) is 15.4. The Bertz CT molecular complexity index is 2280. The number of amides is 2. The van der Waals surface area contributed by atoms with Gasteiger partial charge >= 0.3 is 45.6 Å². The molecule has 2 unspecified atom stereocenters. The maximum atomic E-state index is 14.2. The van der Waals surface area contributed by atoms with Crippen LogP contribution in [0.25, 0.3) is 0 Å². The summed E-state index contributed by atoms with van der Waals surface area (Å²) in [6.07, 6.45) is 52.2. The van der Waals surface area contributed by atoms with Crippen LogP contribution in [-0.4, -0.2) is 145 Å². The lowest BCUT2D eigenvalue weighted by Gasteiger charge is -2.23. The number of phosphoric acid groups is 2. The third-order valence-corrected chi connectivity index (χ3v) is 22.7. The highest BCUT2D eigenvalue weighted by atomic mass is 31.2. The number of urea groups is 1. The zero-order valence-electron chi connectivity index (χ0n) is 72.9. The smallest absolute Gasteiger partial charge is 0.462 e. The van der Waals surface area contributed by atoms with E-state index >= 15 is 0 Å². The van der Waals surface area contributed by atoms with Gasteiger partial charge in [-0.3, -0.25) is 55.9 Å². The van der Waals surface area contributed by atoms with Gasteiger partial charge in [0.2, 0.25) is 0 Å². The van der Waals surface area contributed by atoms with Gasteiger partial charge in [-0.25, -0.2) is 13.9 Å². The van der Waals surface area contributed by atoms with Crippen molar-refractivity contribution in [2.75, 3.05) is 79.2 Å². The van der Waals surface area contributed by atoms with Gasteiger partial charge in [0.15, 0.2) is 0 Å². The van der Waals surface area contributed by atoms with E-state index in [9.17, 15) is 42.7 Å². The van der Waals surface area contributed by atoms with Crippen molar-refractivity contribution in [1.29, 1.82) is 0 Å². The maximum Gasteiger partial charge on any atom is 0.475 e. The van der Waals surface area contributed by atoms with Gasteiger partial charge in [0, 0.05) is 51.6 Å². The molecule has 0 saturated heterocycles. The lowest BCUT2D eigenvalue weighted by Crippen LogP contribution is -2.38. The van der Waals surface area contributed by atoms with Crippen LogP contribution >= 0.6 is 15.6 Å². The Labute approximate surface area is 692 Å². The van der Waals surface area contributed by atoms with E-state index < -0.39 is 85.1 Å². The normalized spacial score (nSPS) is 13.6. The lowest BCUT2D eigenvalue weighted by molar-refractivity contribution is -0.158. The molecule has 0 bridgehead atoms. The summed E-state index contributed by atoms with van der Waals surface area (Å²) in [6, 6.07) is -0.722. The van der Waals surface area contributed by atoms with E-state index in [2.05, 4.69) is 65.3 Å². The average molecular weight is 1660 g/mol. The van der Waals surface area contributed by atoms with Crippen molar-refractivity contribution < 1.29 is 98.3 Å². The first-order valence-corrected chi connectivity index (χ1v) is 48.6. The molecule has 6 atom stereocenters. The summed E-state index contributed by atoms with van der Waals surface area (Å²) in [4.78, 5) is 92.2. The Kier molecular flexibility index (Phi) is 78.7. The number of ether oxygens (including phenoxy) is 6. The van der Waals surface area contributed by atoms with Crippen molar-refractivity contribution in [3.8, 4) is 0 Å². The van der Waals surface area contributed by atoms with Crippen molar-refractivity contribution in [1.82, 2.24) is 10.6 Å². The monoisotopic (exact) mass is 1660 g/mol. The summed E-state index contributed by atoms with van der Waals surface area (Å²) in [7, 11) is -8.92. The van der Waals surface area contributed by atoms with Crippen LogP contribution < -0.4 is 10.6 Å². The summed E-state index contributed by atoms with van der Waals surface area (Å²) in [5.41, 5.74) is 0. The number of carbonyl (C=O) groups excluding carboxylic acids is 7. The Morgan fingerprint density at radius 1 is 0.289 bits per heavy atom. The minimum absolute atomic E-state index is 0.135. The summed E-state index contributed by atoms with van der Waals surface area (Å²) in [5, 5.41) is 5.14. The Hall–Kier alpha value is -3.89. The quantitative estimate of drug-likeness (QED) is 0.0143. The molecule has 0 aliphatic carbocycles. The van der Waals surface area contributed by atoms with Gasteiger partial charge in [0.05, 0.1) is 66.1 Å². The fraction of sp³-hybridized carbons (Fsp3) is 0.876. The highest BCUT2D eigenvalue weighted by Gasteiger charge is 2.32. The number of phosphoric ester groups is 2. The lowest BCUT2D eigenvalue weighted by atomic mass is 10.0. The number of hydrogen-bond acceptors (Lipinski definition) is 21. The van der Waals surface area contributed by atoms with Crippen LogP contribution in [0.1, 0.15) is 401 Å². The summed E-state index contributed by atoms with van der Waals surface area (Å²) in [5.74, 6) is -2.60. The molecule has 114 heavy (non-hydrogen) atoms. The Balaban J connectivity index is 6.11. The molecule has 0 heterocycles. The Morgan fingerprint density at radius 2 is 0.553 bits per heavy atom. The second-order valence-corrected chi connectivity index (χ2v) is 34.2. The highest BCUT2D eigenvalue weighted by Crippen LogP contribution is 2.50. The van der Waals surface area contributed by atoms with Crippen LogP contribution in [-0.2, 0) is 93.5 Å². The highest BCUT2D eigenvalue weighted by molar-refractivity contribution is 7.48. The topological polar surface area (TPSA) is 288 Å². The first kappa shape index (κ1) is 110. The zero-order valence-corrected chi connectivity index (χ0v) is 74.7. The number of nitrogens with one attached hydrogen (secondary N) is 2. The number of hydrogen-bond donors (Lipinski definition) is 2. The average Bonchev–Trinajstić information content (AvgIpc) is 0.555. The summed E-state index contributed by atoms with van der Waals surface area (Å²) in [6.45, 7) is 17.5. The van der Waals surface area contributed by atoms with Crippen molar-refractivity contribution in [2.45, 2.75) is 426 Å². The standard InChI is InChI=1S/C89H166N2O21P2/c1-9-17-23-29-33-37-41-47-51-57-79(92)73-87(96)111-83(75-101-69-63-81(59-53-45-27-21-13-5)109-85(94)61-55-49-43-39-35-31-25-19-11-3)77-107-113(99,103-67-15-7)105-71-65-90-89(98)91-66-72-106-114(100,104-68-16-8)108-78-84(112-88(97)74-80(93)58-52-48-42-38-34-30-24-18-10-2)76-102-70-64-82(60-54-46-28-22-14-6)110-86(95)62-56-50-44-40-36-32-26-20-12-4/h15-16,81-84H,7-14,17-78H2,1-6H3,(H2,90,91,98)/t81-,82-,83-,84-,113?,114?/m1/s1. The molecule has 0 aromatic heterocycles. The van der Waals surface area contributed by atoms with Gasteiger partial charge in [0.25, 0.3) is 0 Å². The van der Waals surface area contributed by atoms with E-state index in [1.54, 1.807) is 0 Å². The molecule has 0 fully saturated rings. The number of carbonyl (C=O) groups is 7. The predicted molar refractivity (Wildman–Crippen MR) is 456 cm³/mol. The Morgan fingerprint density at radius 3 is 0.842 bits per heavy atom. The molecular weight excluding hydrogens is 1490 g/mol. The van der Waals surface area contributed by atoms with E-state index in [1.807, 2.05) is 0 Å². The molecule has 0 aromatic carbocycles. The van der Waals surface area contributed by atoms with E-state index in [0.29, 0.717) is 51.4 Å². The van der Waals surface area contributed by atoms with Gasteiger partial charge in [-0.1, -0.05) is 311 Å². The number of Topliss-reactive ketones (excluding diaryl/α,β-unsaturated/α-hetero) is 2. The van der Waals surface area contributed by atoms with Crippen LogP contribution in [0.3, 0.4) is 0 Å². The van der Waals surface area contributed by atoms with Gasteiger partial charge in [0.1, 0.15) is 48.8 Å². The third kappa shape index (κ3) is 73.3. The van der Waals surface area contributed by atoms with Crippen LogP contribution in [0.15, 0.2) is 25.3 Å². The fourth-order valence-electron chi connectivity index (χ4n) is 13.0. The van der Waals surface area contributed by atoms with Crippen molar-refractivity contribution in [3.63, 3.8) is 0 Å². The third-order valence-electron chi connectivity index (χ3n) is 19.8. The zero-order chi connectivity index (χ0) is 83.7. The molecule has 2 amide bonds. The molecule has 23 nitrogen and oxygen atoms in total. The molecule has 0 radical (unpaired) electrons. The molecule has 0 rings (SSSR count). The molecule has 0 aromatic rings. The molecule has 0 spiro atoms.